The van der Waals surface area contributed by atoms with Gasteiger partial charge in [-0.15, -0.1) is 0 Å². The third-order valence-electron chi connectivity index (χ3n) is 4.22. The van der Waals surface area contributed by atoms with Gasteiger partial charge in [0.15, 0.2) is 5.17 Å². The van der Waals surface area contributed by atoms with Gasteiger partial charge in [0.25, 0.3) is 5.91 Å². The van der Waals surface area contributed by atoms with E-state index in [1.54, 1.807) is 66.7 Å². The first-order valence-electron chi connectivity index (χ1n) is 8.73. The van der Waals surface area contributed by atoms with Crippen molar-refractivity contribution in [3.8, 4) is 5.75 Å². The maximum absolute atomic E-state index is 13.2. The second kappa shape index (κ2) is 8.74. The first kappa shape index (κ1) is 20.8. The van der Waals surface area contributed by atoms with Crippen LogP contribution in [0.5, 0.6) is 5.75 Å². The molecule has 0 spiro atoms. The van der Waals surface area contributed by atoms with Crippen molar-refractivity contribution in [2.75, 3.05) is 4.90 Å². The normalized spacial score (nSPS) is 16.6. The van der Waals surface area contributed by atoms with Gasteiger partial charge in [-0.3, -0.25) is 9.69 Å². The van der Waals surface area contributed by atoms with Gasteiger partial charge in [0, 0.05) is 20.6 Å². The van der Waals surface area contributed by atoms with Crippen LogP contribution in [-0.4, -0.2) is 16.2 Å². The number of phenolic OH excluding ortho intramolecular Hbond substituents is 1. The molecule has 1 heterocycles. The van der Waals surface area contributed by atoms with Crippen molar-refractivity contribution in [1.29, 1.82) is 0 Å². The number of rotatable bonds is 3. The number of hydrogen-bond acceptors (Lipinski definition) is 4. The molecule has 150 valence electrons. The summed E-state index contributed by atoms with van der Waals surface area (Å²) < 4.78 is 0. The molecule has 1 aliphatic heterocycles. The number of nitrogens with zero attached hydrogens (tertiary/aromatic N) is 2. The van der Waals surface area contributed by atoms with Gasteiger partial charge in [-0.1, -0.05) is 34.8 Å². The van der Waals surface area contributed by atoms with Gasteiger partial charge in [0.2, 0.25) is 0 Å². The molecule has 0 aliphatic carbocycles. The molecule has 8 heteroatoms. The first-order valence-corrected chi connectivity index (χ1v) is 10.7. The van der Waals surface area contributed by atoms with E-state index >= 15 is 0 Å². The van der Waals surface area contributed by atoms with Crippen molar-refractivity contribution in [2.45, 2.75) is 0 Å². The largest absolute Gasteiger partial charge is 0.507 e. The zero-order chi connectivity index (χ0) is 21.3. The molecular formula is C22H13Cl3N2O2S. The molecule has 4 nitrogen and oxygen atoms in total. The average molecular weight is 476 g/mol. The van der Waals surface area contributed by atoms with E-state index in [2.05, 4.69) is 4.99 Å². The van der Waals surface area contributed by atoms with Crippen LogP contribution < -0.4 is 4.90 Å². The van der Waals surface area contributed by atoms with Crippen molar-refractivity contribution in [3.05, 3.63) is 92.3 Å². The minimum atomic E-state index is -0.269. The molecule has 3 aromatic carbocycles. The fraction of sp³-hybridized carbons (Fsp3) is 0. The Kier molecular flexibility index (Phi) is 6.06. The molecule has 0 saturated carbocycles. The predicted molar refractivity (Wildman–Crippen MR) is 126 cm³/mol. The number of amides is 1. The lowest BCUT2D eigenvalue weighted by molar-refractivity contribution is -0.113. The summed E-state index contributed by atoms with van der Waals surface area (Å²) in [4.78, 5) is 19.8. The molecule has 0 radical (unpaired) electrons. The van der Waals surface area contributed by atoms with Crippen molar-refractivity contribution in [2.24, 2.45) is 4.99 Å². The van der Waals surface area contributed by atoms with Crippen LogP contribution in [0.2, 0.25) is 15.1 Å². The molecule has 3 aromatic rings. The number of anilines is 1. The number of aromatic hydroxyl groups is 1. The standard InChI is InChI=1S/C22H13Cl3N2O2S/c23-14-1-6-17(7-2-14)26-22-27(18-8-3-15(24)4-9-18)21(29)20(30-22)12-13-11-16(25)5-10-19(13)28/h1-12,28H. The summed E-state index contributed by atoms with van der Waals surface area (Å²) in [6.07, 6.45) is 1.60. The summed E-state index contributed by atoms with van der Waals surface area (Å²) in [5, 5.41) is 12.2. The monoisotopic (exact) mass is 474 g/mol. The fourth-order valence-electron chi connectivity index (χ4n) is 2.77. The van der Waals surface area contributed by atoms with Gasteiger partial charge in [-0.2, -0.15) is 0 Å². The van der Waals surface area contributed by atoms with Crippen LogP contribution in [0.15, 0.2) is 76.6 Å². The quantitative estimate of drug-likeness (QED) is 0.409. The van der Waals surface area contributed by atoms with Crippen molar-refractivity contribution < 1.29 is 9.90 Å². The maximum Gasteiger partial charge on any atom is 0.271 e. The number of carbonyl (C=O) groups excluding carboxylic acids is 1. The Morgan fingerprint density at radius 3 is 2.13 bits per heavy atom. The highest BCUT2D eigenvalue weighted by atomic mass is 35.5. The van der Waals surface area contributed by atoms with E-state index in [1.165, 1.54) is 22.7 Å². The van der Waals surface area contributed by atoms with Crippen molar-refractivity contribution >= 4 is 75.1 Å². The van der Waals surface area contributed by atoms with Crippen molar-refractivity contribution in [1.82, 2.24) is 0 Å². The summed E-state index contributed by atoms with van der Waals surface area (Å²) in [5.74, 6) is -0.240. The van der Waals surface area contributed by atoms with Gasteiger partial charge in [0.05, 0.1) is 16.3 Å². The van der Waals surface area contributed by atoms with Gasteiger partial charge < -0.3 is 5.11 Å². The number of phenols is 1. The van der Waals surface area contributed by atoms with Crippen LogP contribution in [0, 0.1) is 0 Å². The molecule has 1 fully saturated rings. The number of amidine groups is 1. The maximum atomic E-state index is 13.2. The highest BCUT2D eigenvalue weighted by Gasteiger charge is 2.35. The topological polar surface area (TPSA) is 52.9 Å². The van der Waals surface area contributed by atoms with Gasteiger partial charge >= 0.3 is 0 Å². The molecule has 1 aliphatic rings. The predicted octanol–water partition coefficient (Wildman–Crippen LogP) is 7.16. The molecular weight excluding hydrogens is 463 g/mol. The van der Waals surface area contributed by atoms with E-state index in [4.69, 9.17) is 34.8 Å². The average Bonchev–Trinajstić information content (AvgIpc) is 3.02. The Labute approximate surface area is 192 Å². The Hall–Kier alpha value is -2.44. The lowest BCUT2D eigenvalue weighted by Gasteiger charge is -2.15. The lowest BCUT2D eigenvalue weighted by Crippen LogP contribution is -2.28. The molecule has 0 bridgehead atoms. The minimum Gasteiger partial charge on any atom is -0.507 e. The Balaban J connectivity index is 1.79. The Morgan fingerprint density at radius 1 is 0.867 bits per heavy atom. The smallest absolute Gasteiger partial charge is 0.271 e. The number of halogens is 3. The Bertz CT molecular complexity index is 1180. The highest BCUT2D eigenvalue weighted by molar-refractivity contribution is 8.19. The third-order valence-corrected chi connectivity index (χ3v) is 5.93. The van der Waals surface area contributed by atoms with E-state index in [-0.39, 0.29) is 11.7 Å². The highest BCUT2D eigenvalue weighted by Crippen LogP contribution is 2.38. The number of thioether (sulfide) groups is 1. The van der Waals surface area contributed by atoms with Crippen LogP contribution in [0.4, 0.5) is 11.4 Å². The Morgan fingerprint density at radius 2 is 1.47 bits per heavy atom. The molecule has 0 atom stereocenters. The van der Waals surface area contributed by atoms with E-state index < -0.39 is 0 Å². The van der Waals surface area contributed by atoms with Crippen molar-refractivity contribution in [3.63, 3.8) is 0 Å². The van der Waals surface area contributed by atoms with E-state index in [9.17, 15) is 9.90 Å². The molecule has 30 heavy (non-hydrogen) atoms. The first-order chi connectivity index (χ1) is 14.4. The summed E-state index contributed by atoms with van der Waals surface area (Å²) in [6.45, 7) is 0. The molecule has 1 amide bonds. The van der Waals surface area contributed by atoms with Gasteiger partial charge in [0.1, 0.15) is 5.75 Å². The van der Waals surface area contributed by atoms with Gasteiger partial charge in [-0.25, -0.2) is 4.99 Å². The molecule has 1 N–H and O–H groups in total. The van der Waals surface area contributed by atoms with E-state index in [1.807, 2.05) is 0 Å². The molecule has 0 aromatic heterocycles. The number of benzene rings is 3. The summed E-state index contributed by atoms with van der Waals surface area (Å²) in [5.41, 5.74) is 1.73. The third kappa shape index (κ3) is 4.50. The van der Waals surface area contributed by atoms with Gasteiger partial charge in [-0.05, 0) is 84.6 Å². The van der Waals surface area contributed by atoms with E-state index in [0.29, 0.717) is 42.1 Å². The van der Waals surface area contributed by atoms with Crippen LogP contribution in [0.25, 0.3) is 6.08 Å². The fourth-order valence-corrected chi connectivity index (χ4v) is 4.20. The number of hydrogen-bond donors (Lipinski definition) is 1. The zero-order valence-electron chi connectivity index (χ0n) is 15.2. The lowest BCUT2D eigenvalue weighted by atomic mass is 10.2. The molecule has 4 rings (SSSR count). The number of aliphatic imine (C=N–C) groups is 1. The van der Waals surface area contributed by atoms with Crippen LogP contribution in [0.1, 0.15) is 5.56 Å². The van der Waals surface area contributed by atoms with Crippen LogP contribution in [0.3, 0.4) is 0 Å². The SMILES string of the molecule is O=C1C(=Cc2cc(Cl)ccc2O)SC(=Nc2ccc(Cl)cc2)N1c1ccc(Cl)cc1. The van der Waals surface area contributed by atoms with Crippen LogP contribution >= 0.6 is 46.6 Å². The second-order valence-corrected chi connectivity index (χ2v) is 8.62. The summed E-state index contributed by atoms with van der Waals surface area (Å²) >= 11 is 19.2. The summed E-state index contributed by atoms with van der Waals surface area (Å²) in [6, 6.07) is 18.6. The molecule has 0 unspecified atom stereocenters. The minimum absolute atomic E-state index is 0.0291. The molecule has 1 saturated heterocycles. The second-order valence-electron chi connectivity index (χ2n) is 6.30. The number of carbonyl (C=O) groups is 1. The van der Waals surface area contributed by atoms with Crippen LogP contribution in [-0.2, 0) is 4.79 Å². The summed E-state index contributed by atoms with van der Waals surface area (Å²) in [7, 11) is 0. The zero-order valence-corrected chi connectivity index (χ0v) is 18.3. The van der Waals surface area contributed by atoms with E-state index in [0.717, 1.165) is 0 Å².